The molecule has 10 heteroatoms. The van der Waals surface area contributed by atoms with E-state index in [9.17, 15) is 19.2 Å². The van der Waals surface area contributed by atoms with Crippen molar-refractivity contribution in [3.05, 3.63) is 79.9 Å². The Morgan fingerprint density at radius 2 is 0.984 bits per heavy atom. The third-order valence-electron chi connectivity index (χ3n) is 17.0. The maximum Gasteiger partial charge on any atom is 0.266 e. The van der Waals surface area contributed by atoms with E-state index >= 15 is 0 Å². The number of hydrogen-bond acceptors (Lipinski definition) is 8. The van der Waals surface area contributed by atoms with Crippen molar-refractivity contribution in [1.29, 1.82) is 0 Å². The zero-order chi connectivity index (χ0) is 43.6. The number of imide groups is 2. The lowest BCUT2D eigenvalue weighted by atomic mass is 9.63. The quantitative estimate of drug-likeness (QED) is 0.240. The van der Waals surface area contributed by atoms with Crippen LogP contribution < -0.4 is 19.3 Å². The van der Waals surface area contributed by atoms with Crippen LogP contribution in [0.4, 0.5) is 11.4 Å². The maximum atomic E-state index is 14.6. The van der Waals surface area contributed by atoms with Crippen LogP contribution in [-0.2, 0) is 29.9 Å². The Bertz CT molecular complexity index is 2430. The third-order valence-corrected chi connectivity index (χ3v) is 17.0. The van der Waals surface area contributed by atoms with E-state index in [4.69, 9.17) is 18.9 Å². The van der Waals surface area contributed by atoms with E-state index in [0.29, 0.717) is 69.4 Å². The van der Waals surface area contributed by atoms with E-state index in [1.807, 2.05) is 41.5 Å². The van der Waals surface area contributed by atoms with E-state index in [-0.39, 0.29) is 64.3 Å². The van der Waals surface area contributed by atoms with Crippen LogP contribution in [-0.4, -0.2) is 62.3 Å². The fourth-order valence-corrected chi connectivity index (χ4v) is 14.0. The van der Waals surface area contributed by atoms with Gasteiger partial charge in [0.05, 0.1) is 73.0 Å². The van der Waals surface area contributed by atoms with Crippen molar-refractivity contribution >= 4 is 35.0 Å². The molecule has 0 radical (unpaired) electrons. The highest BCUT2D eigenvalue weighted by atomic mass is 16.6. The standard InChI is InChI=1S/C51H60N2O8/c1-23-13-29-30(14-24(23)2)46(55)52(45(29)54)43-25(3)27(5)44(28(6)26(43)4)53-47(56)31-15-39-40(16-32(31)48(53)57)61-42-20-36-34(18-41(42)60-39)50(9,10)22-51(36)21-49(7,8)33-17-37(58-11)38(59-12)19-35(33)51/h13-14,17,19,31-32,34,36,39-42H,15-16,18,20-22H2,1-12H3. The average molecular weight is 829 g/mol. The van der Waals surface area contributed by atoms with Crippen LogP contribution in [0.15, 0.2) is 24.3 Å². The predicted octanol–water partition coefficient (Wildman–Crippen LogP) is 8.85. The number of amides is 4. The number of benzene rings is 3. The fraction of sp³-hybridized carbons (Fsp3) is 0.569. The van der Waals surface area contributed by atoms with Gasteiger partial charge in [-0.25, -0.2) is 9.80 Å². The van der Waals surface area contributed by atoms with Crippen molar-refractivity contribution in [3.8, 4) is 11.5 Å². The van der Waals surface area contributed by atoms with Crippen LogP contribution in [0.25, 0.3) is 0 Å². The van der Waals surface area contributed by atoms with Gasteiger partial charge in [-0.3, -0.25) is 19.2 Å². The smallest absolute Gasteiger partial charge is 0.266 e. The van der Waals surface area contributed by atoms with Gasteiger partial charge in [0, 0.05) is 5.41 Å². The molecule has 61 heavy (non-hydrogen) atoms. The van der Waals surface area contributed by atoms with E-state index in [1.165, 1.54) is 20.9 Å². The molecule has 10 nitrogen and oxygen atoms in total. The van der Waals surface area contributed by atoms with E-state index < -0.39 is 11.8 Å². The summed E-state index contributed by atoms with van der Waals surface area (Å²) in [5, 5.41) is 0. The van der Waals surface area contributed by atoms with E-state index in [2.05, 4.69) is 39.8 Å². The minimum atomic E-state index is -0.520. The number of fused-ring (bicyclic) bond motifs is 8. The summed E-state index contributed by atoms with van der Waals surface area (Å²) in [6.07, 6.45) is 4.04. The maximum absolute atomic E-state index is 14.6. The molecule has 9 atom stereocenters. The van der Waals surface area contributed by atoms with Crippen molar-refractivity contribution in [2.24, 2.45) is 29.1 Å². The second-order valence-corrected chi connectivity index (χ2v) is 21.1. The molecule has 4 aliphatic carbocycles. The van der Waals surface area contributed by atoms with E-state index in [1.54, 1.807) is 26.4 Å². The number of nitrogens with zero attached hydrogens (tertiary/aromatic N) is 2. The first-order valence-corrected chi connectivity index (χ1v) is 22.3. The van der Waals surface area contributed by atoms with Crippen molar-refractivity contribution in [3.63, 3.8) is 0 Å². The molecule has 0 N–H and O–H groups in total. The van der Waals surface area contributed by atoms with Crippen molar-refractivity contribution in [2.75, 3.05) is 24.0 Å². The molecule has 322 valence electrons. The molecule has 3 aliphatic heterocycles. The zero-order valence-corrected chi connectivity index (χ0v) is 37.8. The molecule has 10 rings (SSSR count). The SMILES string of the molecule is COc1cc2c(cc1OC)C1(CC2(C)C)CC(C)(C)C2CC3OC4CC5C(=O)N(c6c(C)c(C)c(N7C(=O)c8cc(C)c(C)cc8C7=O)c(C)c6C)C(=O)C5CC4OC3CC21. The number of anilines is 2. The molecule has 5 fully saturated rings. The Hall–Kier alpha value is -4.54. The Balaban J connectivity index is 0.929. The Morgan fingerprint density at radius 1 is 0.557 bits per heavy atom. The van der Waals surface area contributed by atoms with Gasteiger partial charge >= 0.3 is 0 Å². The Labute approximate surface area is 359 Å². The molecule has 7 aliphatic rings. The van der Waals surface area contributed by atoms with Gasteiger partial charge in [0.1, 0.15) is 0 Å². The highest BCUT2D eigenvalue weighted by Crippen LogP contribution is 2.70. The fourth-order valence-electron chi connectivity index (χ4n) is 14.0. The molecule has 0 aromatic heterocycles. The first-order chi connectivity index (χ1) is 28.7. The van der Waals surface area contributed by atoms with Crippen molar-refractivity contribution in [1.82, 2.24) is 0 Å². The average Bonchev–Trinajstić information content (AvgIpc) is 3.77. The Kier molecular flexibility index (Phi) is 8.80. The van der Waals surface area contributed by atoms with Gasteiger partial charge in [0.15, 0.2) is 11.5 Å². The number of methoxy groups -OCH3 is 2. The van der Waals surface area contributed by atoms with Crippen LogP contribution in [0.2, 0.25) is 0 Å². The van der Waals surface area contributed by atoms with Gasteiger partial charge in [0.2, 0.25) is 11.8 Å². The molecule has 3 heterocycles. The number of aryl methyl sites for hydroxylation is 2. The topological polar surface area (TPSA) is 112 Å². The molecule has 3 aromatic carbocycles. The second-order valence-electron chi connectivity index (χ2n) is 21.1. The number of hydrogen-bond donors (Lipinski definition) is 0. The molecule has 4 amide bonds. The van der Waals surface area contributed by atoms with Crippen molar-refractivity contribution in [2.45, 2.75) is 143 Å². The minimum Gasteiger partial charge on any atom is -0.493 e. The number of rotatable bonds is 4. The lowest BCUT2D eigenvalue weighted by Crippen LogP contribution is -2.57. The van der Waals surface area contributed by atoms with Crippen LogP contribution in [0, 0.1) is 70.6 Å². The monoisotopic (exact) mass is 828 g/mol. The highest BCUT2D eigenvalue weighted by Gasteiger charge is 2.66. The molecule has 9 unspecified atom stereocenters. The van der Waals surface area contributed by atoms with Gasteiger partial charge in [-0.1, -0.05) is 27.7 Å². The minimum absolute atomic E-state index is 0.0350. The summed E-state index contributed by atoms with van der Waals surface area (Å²) >= 11 is 0. The summed E-state index contributed by atoms with van der Waals surface area (Å²) in [5.41, 5.74) is 9.28. The molecule has 1 spiro atoms. The number of carbonyl (C=O) groups is 4. The molecular weight excluding hydrogens is 769 g/mol. The van der Waals surface area contributed by atoms with Crippen LogP contribution in [0.5, 0.6) is 11.5 Å². The lowest BCUT2D eigenvalue weighted by molar-refractivity contribution is -0.259. The normalized spacial score (nSPS) is 32.8. The zero-order valence-electron chi connectivity index (χ0n) is 37.8. The molecular formula is C51H60N2O8. The number of carbonyl (C=O) groups excluding carboxylic acids is 4. The summed E-state index contributed by atoms with van der Waals surface area (Å²) in [6, 6.07) is 8.04. The molecule has 0 bridgehead atoms. The number of ether oxygens (including phenoxy) is 4. The van der Waals surface area contributed by atoms with Gasteiger partial charge in [-0.05, 0) is 172 Å². The van der Waals surface area contributed by atoms with Gasteiger partial charge in [-0.2, -0.15) is 0 Å². The van der Waals surface area contributed by atoms with Crippen molar-refractivity contribution < 1.29 is 38.1 Å². The first-order valence-electron chi connectivity index (χ1n) is 22.3. The summed E-state index contributed by atoms with van der Waals surface area (Å²) in [7, 11) is 3.42. The van der Waals surface area contributed by atoms with Crippen LogP contribution in [0.1, 0.15) is 131 Å². The predicted molar refractivity (Wildman–Crippen MR) is 232 cm³/mol. The van der Waals surface area contributed by atoms with Crippen LogP contribution in [0.3, 0.4) is 0 Å². The Morgan fingerprint density at radius 3 is 1.46 bits per heavy atom. The first kappa shape index (κ1) is 40.5. The third kappa shape index (κ3) is 5.39. The lowest BCUT2D eigenvalue weighted by Gasteiger charge is -2.52. The molecule has 3 saturated carbocycles. The largest absolute Gasteiger partial charge is 0.493 e. The second kappa shape index (κ2) is 13.2. The van der Waals surface area contributed by atoms with E-state index in [0.717, 1.165) is 48.3 Å². The summed E-state index contributed by atoms with van der Waals surface area (Å²) in [5.74, 6) is 0.195. The van der Waals surface area contributed by atoms with Crippen LogP contribution >= 0.6 is 0 Å². The molecule has 2 saturated heterocycles. The summed E-state index contributed by atoms with van der Waals surface area (Å²) in [4.78, 5) is 59.6. The highest BCUT2D eigenvalue weighted by molar-refractivity contribution is 6.35. The summed E-state index contributed by atoms with van der Waals surface area (Å²) in [6.45, 7) is 21.0. The van der Waals surface area contributed by atoms with Gasteiger partial charge in [0.25, 0.3) is 11.8 Å². The molecule has 3 aromatic rings. The summed E-state index contributed by atoms with van der Waals surface area (Å²) < 4.78 is 25.9. The van der Waals surface area contributed by atoms with Gasteiger partial charge in [-0.15, -0.1) is 0 Å². The van der Waals surface area contributed by atoms with Gasteiger partial charge < -0.3 is 18.9 Å².